The Morgan fingerprint density at radius 3 is 2.58 bits per heavy atom. The molecule has 5 nitrogen and oxygen atoms in total. The predicted octanol–water partition coefficient (Wildman–Crippen LogP) is 3.35. The van der Waals surface area contributed by atoms with Gasteiger partial charge in [0.05, 0.1) is 19.0 Å². The first-order valence-electron chi connectivity index (χ1n) is 8.00. The highest BCUT2D eigenvalue weighted by Gasteiger charge is 2.19. The third kappa shape index (κ3) is 2.80. The van der Waals surface area contributed by atoms with Gasteiger partial charge in [0.25, 0.3) is 0 Å². The minimum Gasteiger partial charge on any atom is -0.497 e. The van der Waals surface area contributed by atoms with Crippen LogP contribution in [0.3, 0.4) is 0 Å². The summed E-state index contributed by atoms with van der Waals surface area (Å²) >= 11 is 0. The van der Waals surface area contributed by atoms with Crippen LogP contribution in [0.15, 0.2) is 60.1 Å². The van der Waals surface area contributed by atoms with Gasteiger partial charge in [-0.1, -0.05) is 0 Å². The molecule has 2 aromatic heterocycles. The molecule has 24 heavy (non-hydrogen) atoms. The summed E-state index contributed by atoms with van der Waals surface area (Å²) in [6.45, 7) is 0. The molecular weight excluding hydrogens is 300 g/mol. The van der Waals surface area contributed by atoms with E-state index >= 15 is 0 Å². The average Bonchev–Trinajstić information content (AvgIpc) is 3.21. The molecule has 1 aliphatic rings. The van der Waals surface area contributed by atoms with E-state index in [1.54, 1.807) is 7.11 Å². The second-order valence-corrected chi connectivity index (χ2v) is 5.80. The lowest BCUT2D eigenvalue weighted by Gasteiger charge is -2.04. The van der Waals surface area contributed by atoms with Crippen molar-refractivity contribution in [1.82, 2.24) is 14.6 Å². The summed E-state index contributed by atoms with van der Waals surface area (Å²) in [6, 6.07) is 12.1. The molecule has 5 heteroatoms. The van der Waals surface area contributed by atoms with Crippen molar-refractivity contribution in [3.05, 3.63) is 66.4 Å². The van der Waals surface area contributed by atoms with Crippen LogP contribution >= 0.6 is 0 Å². The van der Waals surface area contributed by atoms with Gasteiger partial charge in [0.1, 0.15) is 11.6 Å². The van der Waals surface area contributed by atoms with Crippen LogP contribution in [-0.2, 0) is 12.8 Å². The number of imidazole rings is 1. The Kier molecular flexibility index (Phi) is 3.83. The lowest BCUT2D eigenvalue weighted by molar-refractivity contribution is 0.415. The fraction of sp³-hybridized carbons (Fsp3) is 0.211. The molecule has 1 aliphatic heterocycles. The molecule has 0 atom stereocenters. The first-order valence-corrected chi connectivity index (χ1v) is 8.00. The van der Waals surface area contributed by atoms with E-state index in [0.717, 1.165) is 42.1 Å². The lowest BCUT2D eigenvalue weighted by Crippen LogP contribution is -2.01. The molecule has 0 fully saturated rings. The van der Waals surface area contributed by atoms with Crippen molar-refractivity contribution in [3.63, 3.8) is 0 Å². The van der Waals surface area contributed by atoms with Crippen molar-refractivity contribution in [2.24, 2.45) is 5.10 Å². The highest BCUT2D eigenvalue weighted by molar-refractivity contribution is 5.88. The highest BCUT2D eigenvalue weighted by atomic mass is 16.5. The molecule has 0 saturated carbocycles. The maximum atomic E-state index is 5.22. The number of aryl methyl sites for hydroxylation is 1. The van der Waals surface area contributed by atoms with E-state index in [-0.39, 0.29) is 0 Å². The fourth-order valence-corrected chi connectivity index (χ4v) is 2.91. The van der Waals surface area contributed by atoms with Gasteiger partial charge in [0.15, 0.2) is 0 Å². The van der Waals surface area contributed by atoms with E-state index in [1.165, 1.54) is 11.3 Å². The quantitative estimate of drug-likeness (QED) is 0.725. The second-order valence-electron chi connectivity index (χ2n) is 5.80. The van der Waals surface area contributed by atoms with Gasteiger partial charge >= 0.3 is 0 Å². The third-order valence-electron chi connectivity index (χ3n) is 4.25. The fourth-order valence-electron chi connectivity index (χ4n) is 2.91. The summed E-state index contributed by atoms with van der Waals surface area (Å²) in [7, 11) is 1.67. The summed E-state index contributed by atoms with van der Waals surface area (Å²) in [5.41, 5.74) is 4.57. The van der Waals surface area contributed by atoms with E-state index in [2.05, 4.69) is 22.1 Å². The first kappa shape index (κ1) is 14.6. The molecule has 0 bridgehead atoms. The SMILES string of the molecule is COc1ccc(-c2cnc3n2N=C(CCc2ccncc2)C3)cc1. The lowest BCUT2D eigenvalue weighted by atomic mass is 10.1. The van der Waals surface area contributed by atoms with E-state index in [4.69, 9.17) is 9.84 Å². The van der Waals surface area contributed by atoms with Crippen LogP contribution in [-0.4, -0.2) is 27.5 Å². The van der Waals surface area contributed by atoms with E-state index in [1.807, 2.05) is 47.5 Å². The van der Waals surface area contributed by atoms with Crippen molar-refractivity contribution in [2.45, 2.75) is 19.3 Å². The first-order chi connectivity index (χ1) is 11.8. The average molecular weight is 318 g/mol. The number of nitrogens with zero attached hydrogens (tertiary/aromatic N) is 4. The van der Waals surface area contributed by atoms with Crippen LogP contribution in [0, 0.1) is 0 Å². The summed E-state index contributed by atoms with van der Waals surface area (Å²) in [5, 5.41) is 4.77. The number of ether oxygens (including phenoxy) is 1. The summed E-state index contributed by atoms with van der Waals surface area (Å²) in [4.78, 5) is 8.58. The van der Waals surface area contributed by atoms with E-state index < -0.39 is 0 Å². The molecular formula is C19H18N4O. The van der Waals surface area contributed by atoms with Gasteiger partial charge < -0.3 is 4.74 Å². The van der Waals surface area contributed by atoms with Crippen LogP contribution < -0.4 is 4.74 Å². The van der Waals surface area contributed by atoms with Crippen LogP contribution in [0.5, 0.6) is 5.75 Å². The number of rotatable bonds is 5. The van der Waals surface area contributed by atoms with Crippen molar-refractivity contribution >= 4 is 5.71 Å². The number of benzene rings is 1. The van der Waals surface area contributed by atoms with Crippen LogP contribution in [0.4, 0.5) is 0 Å². The smallest absolute Gasteiger partial charge is 0.136 e. The molecule has 0 radical (unpaired) electrons. The zero-order valence-corrected chi connectivity index (χ0v) is 13.5. The van der Waals surface area contributed by atoms with Crippen molar-refractivity contribution in [1.29, 1.82) is 0 Å². The van der Waals surface area contributed by atoms with Gasteiger partial charge in [-0.2, -0.15) is 5.10 Å². The monoisotopic (exact) mass is 318 g/mol. The van der Waals surface area contributed by atoms with Gasteiger partial charge in [0, 0.05) is 30.1 Å². The Bertz CT molecular complexity index is 866. The van der Waals surface area contributed by atoms with Gasteiger partial charge in [-0.3, -0.25) is 4.98 Å². The Balaban J connectivity index is 1.53. The molecule has 120 valence electrons. The molecule has 4 rings (SSSR count). The van der Waals surface area contributed by atoms with Gasteiger partial charge in [0.2, 0.25) is 0 Å². The maximum absolute atomic E-state index is 5.22. The van der Waals surface area contributed by atoms with Crippen molar-refractivity contribution < 1.29 is 4.74 Å². The summed E-state index contributed by atoms with van der Waals surface area (Å²) in [5.74, 6) is 1.85. The highest BCUT2D eigenvalue weighted by Crippen LogP contribution is 2.26. The van der Waals surface area contributed by atoms with Crippen molar-refractivity contribution in [2.75, 3.05) is 7.11 Å². The zero-order valence-electron chi connectivity index (χ0n) is 13.5. The third-order valence-corrected chi connectivity index (χ3v) is 4.25. The van der Waals surface area contributed by atoms with Gasteiger partial charge in [-0.15, -0.1) is 0 Å². The molecule has 3 aromatic rings. The summed E-state index contributed by atoms with van der Waals surface area (Å²) in [6.07, 6.45) is 8.29. The molecule has 0 aliphatic carbocycles. The molecule has 1 aromatic carbocycles. The second kappa shape index (κ2) is 6.28. The zero-order chi connectivity index (χ0) is 16.4. The van der Waals surface area contributed by atoms with E-state index in [9.17, 15) is 0 Å². The maximum Gasteiger partial charge on any atom is 0.136 e. The van der Waals surface area contributed by atoms with Crippen LogP contribution in [0.1, 0.15) is 17.8 Å². The Hall–Kier alpha value is -2.95. The topological polar surface area (TPSA) is 52.3 Å². The molecule has 3 heterocycles. The minimum absolute atomic E-state index is 0.821. The standard InChI is InChI=1S/C19H18N4O/c1-24-17-6-3-15(4-7-17)18-13-21-19-12-16(22-23(18)19)5-2-14-8-10-20-11-9-14/h3-4,6-11,13H,2,5,12H2,1H3. The number of methoxy groups -OCH3 is 1. The molecule has 0 amide bonds. The predicted molar refractivity (Wildman–Crippen MR) is 93.3 cm³/mol. The van der Waals surface area contributed by atoms with Crippen LogP contribution in [0.2, 0.25) is 0 Å². The Morgan fingerprint density at radius 1 is 1.04 bits per heavy atom. The van der Waals surface area contributed by atoms with E-state index in [0.29, 0.717) is 0 Å². The summed E-state index contributed by atoms with van der Waals surface area (Å²) < 4.78 is 7.18. The Labute approximate surface area is 140 Å². The van der Waals surface area contributed by atoms with Gasteiger partial charge in [-0.25, -0.2) is 9.66 Å². The van der Waals surface area contributed by atoms with Crippen LogP contribution in [0.25, 0.3) is 11.3 Å². The molecule has 0 spiro atoms. The molecule has 0 unspecified atom stereocenters. The Morgan fingerprint density at radius 2 is 1.83 bits per heavy atom. The molecule has 0 N–H and O–H groups in total. The normalized spacial score (nSPS) is 12.8. The molecule has 0 saturated heterocycles. The minimum atomic E-state index is 0.821. The van der Waals surface area contributed by atoms with Crippen molar-refractivity contribution in [3.8, 4) is 17.0 Å². The number of pyridine rings is 1. The largest absolute Gasteiger partial charge is 0.497 e. The number of hydrogen-bond donors (Lipinski definition) is 0. The number of hydrogen-bond acceptors (Lipinski definition) is 4. The number of fused-ring (bicyclic) bond motifs is 1. The number of aromatic nitrogens is 3. The van der Waals surface area contributed by atoms with Gasteiger partial charge in [-0.05, 0) is 54.8 Å².